The second-order valence-corrected chi connectivity index (χ2v) is 3.69. The van der Waals surface area contributed by atoms with E-state index in [0.29, 0.717) is 11.6 Å². The number of Topliss-reactive ketones (excluding diaryl/α,β-unsaturated/α-hetero) is 1. The van der Waals surface area contributed by atoms with Crippen molar-refractivity contribution < 1.29 is 4.79 Å². The smallest absolute Gasteiger partial charge is 0.188 e. The number of hydrogen-bond acceptors (Lipinski definition) is 3. The zero-order valence-corrected chi connectivity index (χ0v) is 8.10. The van der Waals surface area contributed by atoms with Crippen LogP contribution < -0.4 is 0 Å². The van der Waals surface area contributed by atoms with Crippen LogP contribution in [0.25, 0.3) is 0 Å². The van der Waals surface area contributed by atoms with Gasteiger partial charge >= 0.3 is 0 Å². The van der Waals surface area contributed by atoms with Crippen molar-refractivity contribution in [1.29, 1.82) is 0 Å². The van der Waals surface area contributed by atoms with Crippen LogP contribution in [0.4, 0.5) is 0 Å². The molecule has 0 fully saturated rings. The third-order valence-electron chi connectivity index (χ3n) is 2.72. The minimum atomic E-state index is 0.0742. The molecule has 2 unspecified atom stereocenters. The zero-order valence-electron chi connectivity index (χ0n) is 8.10. The van der Waals surface area contributed by atoms with Crippen LogP contribution in [0.5, 0.6) is 0 Å². The van der Waals surface area contributed by atoms with Gasteiger partial charge in [0.25, 0.3) is 0 Å². The largest absolute Gasteiger partial charge is 0.292 e. The highest BCUT2D eigenvalue weighted by atomic mass is 16.1. The first-order chi connectivity index (χ1) is 6.79. The molecule has 0 radical (unpaired) electrons. The van der Waals surface area contributed by atoms with E-state index in [1.54, 1.807) is 0 Å². The Morgan fingerprint density at radius 2 is 2.50 bits per heavy atom. The Balaban J connectivity index is 2.16. The highest BCUT2D eigenvalue weighted by Crippen LogP contribution is 2.26. The summed E-state index contributed by atoms with van der Waals surface area (Å²) in [5.74, 6) is 0.494. The number of hydrogen-bond donors (Lipinski definition) is 1. The number of nitrogens with one attached hydrogen (secondary N) is 1. The predicted molar refractivity (Wildman–Crippen MR) is 51.7 cm³/mol. The molecule has 1 aliphatic rings. The Morgan fingerprint density at radius 3 is 3.14 bits per heavy atom. The van der Waals surface area contributed by atoms with Crippen molar-refractivity contribution >= 4 is 5.78 Å². The standard InChI is InChI=1S/C10H13N3O/c1-7-4-2-3-5-8(7)10(14)9-6-11-13-12-9/h2,4,6-8H,3,5H2,1H3,(H,11,12,13). The second kappa shape index (κ2) is 3.74. The van der Waals surface area contributed by atoms with Crippen LogP contribution in [-0.4, -0.2) is 21.2 Å². The van der Waals surface area contributed by atoms with Crippen LogP contribution in [0.3, 0.4) is 0 Å². The van der Waals surface area contributed by atoms with Crippen molar-refractivity contribution in [2.75, 3.05) is 0 Å². The molecule has 4 heteroatoms. The molecule has 14 heavy (non-hydrogen) atoms. The van der Waals surface area contributed by atoms with Gasteiger partial charge in [-0.25, -0.2) is 0 Å². The molecule has 1 aromatic heterocycles. The van der Waals surface area contributed by atoms with E-state index in [9.17, 15) is 4.79 Å². The van der Waals surface area contributed by atoms with Gasteiger partial charge in [-0.15, -0.1) is 0 Å². The summed E-state index contributed by atoms with van der Waals surface area (Å²) >= 11 is 0. The zero-order chi connectivity index (χ0) is 9.97. The molecule has 2 rings (SSSR count). The predicted octanol–water partition coefficient (Wildman–Crippen LogP) is 1.59. The number of ketones is 1. The van der Waals surface area contributed by atoms with Gasteiger partial charge in [-0.3, -0.25) is 4.79 Å². The lowest BCUT2D eigenvalue weighted by atomic mass is 9.81. The van der Waals surface area contributed by atoms with Gasteiger partial charge in [0.15, 0.2) is 5.78 Å². The van der Waals surface area contributed by atoms with Crippen LogP contribution >= 0.6 is 0 Å². The molecule has 0 aliphatic heterocycles. The lowest BCUT2D eigenvalue weighted by Gasteiger charge is -2.21. The molecular formula is C10H13N3O. The SMILES string of the molecule is CC1C=CCCC1C(=O)c1cn[nH]n1. The van der Waals surface area contributed by atoms with Gasteiger partial charge in [-0.1, -0.05) is 19.1 Å². The first kappa shape index (κ1) is 9.12. The highest BCUT2D eigenvalue weighted by molar-refractivity contribution is 5.96. The summed E-state index contributed by atoms with van der Waals surface area (Å²) < 4.78 is 0. The molecule has 74 valence electrons. The fourth-order valence-electron chi connectivity index (χ4n) is 1.86. The maximum atomic E-state index is 11.9. The molecular weight excluding hydrogens is 178 g/mol. The normalized spacial score (nSPS) is 26.4. The van der Waals surface area contributed by atoms with Crippen molar-refractivity contribution in [3.8, 4) is 0 Å². The Morgan fingerprint density at radius 1 is 1.64 bits per heavy atom. The van der Waals surface area contributed by atoms with Crippen LogP contribution in [0, 0.1) is 11.8 Å². The molecule has 4 nitrogen and oxygen atoms in total. The third-order valence-corrected chi connectivity index (χ3v) is 2.72. The molecule has 0 aromatic carbocycles. The minimum Gasteiger partial charge on any atom is -0.292 e. The van der Waals surface area contributed by atoms with E-state index in [-0.39, 0.29) is 11.7 Å². The summed E-state index contributed by atoms with van der Waals surface area (Å²) in [6.07, 6.45) is 7.64. The van der Waals surface area contributed by atoms with E-state index in [2.05, 4.69) is 34.5 Å². The molecule has 2 atom stereocenters. The maximum absolute atomic E-state index is 11.9. The number of nitrogens with zero attached hydrogens (tertiary/aromatic N) is 2. The quantitative estimate of drug-likeness (QED) is 0.570. The van der Waals surface area contributed by atoms with Crippen molar-refractivity contribution in [3.63, 3.8) is 0 Å². The average Bonchev–Trinajstić information content (AvgIpc) is 2.70. The molecule has 0 bridgehead atoms. The van der Waals surface area contributed by atoms with Gasteiger partial charge in [0.2, 0.25) is 0 Å². The summed E-state index contributed by atoms with van der Waals surface area (Å²) in [7, 11) is 0. The number of allylic oxidation sites excluding steroid dienone is 2. The summed E-state index contributed by atoms with van der Waals surface area (Å²) in [4.78, 5) is 11.9. The van der Waals surface area contributed by atoms with Gasteiger partial charge in [0.1, 0.15) is 5.69 Å². The fraction of sp³-hybridized carbons (Fsp3) is 0.500. The minimum absolute atomic E-state index is 0.0742. The van der Waals surface area contributed by atoms with Gasteiger partial charge < -0.3 is 0 Å². The number of carbonyl (C=O) groups excluding carboxylic acids is 1. The van der Waals surface area contributed by atoms with Gasteiger partial charge in [0, 0.05) is 5.92 Å². The van der Waals surface area contributed by atoms with Crippen molar-refractivity contribution in [3.05, 3.63) is 24.0 Å². The molecule has 1 heterocycles. The number of H-pyrrole nitrogens is 1. The monoisotopic (exact) mass is 191 g/mol. The van der Waals surface area contributed by atoms with Gasteiger partial charge in [0.05, 0.1) is 6.20 Å². The molecule has 0 saturated heterocycles. The van der Waals surface area contributed by atoms with Crippen molar-refractivity contribution in [2.24, 2.45) is 11.8 Å². The van der Waals surface area contributed by atoms with Crippen LogP contribution in [0.2, 0.25) is 0 Å². The summed E-state index contributed by atoms with van der Waals surface area (Å²) in [6, 6.07) is 0. The van der Waals surface area contributed by atoms with Gasteiger partial charge in [-0.2, -0.15) is 15.4 Å². The van der Waals surface area contributed by atoms with Crippen LogP contribution in [0.1, 0.15) is 30.3 Å². The van der Waals surface area contributed by atoms with Crippen molar-refractivity contribution in [2.45, 2.75) is 19.8 Å². The van der Waals surface area contributed by atoms with Gasteiger partial charge in [-0.05, 0) is 18.8 Å². The second-order valence-electron chi connectivity index (χ2n) is 3.69. The summed E-state index contributed by atoms with van der Waals surface area (Å²) in [5, 5.41) is 9.93. The van der Waals surface area contributed by atoms with E-state index in [4.69, 9.17) is 0 Å². The maximum Gasteiger partial charge on any atom is 0.188 e. The number of carbonyl (C=O) groups is 1. The lowest BCUT2D eigenvalue weighted by Crippen LogP contribution is -2.23. The third kappa shape index (κ3) is 1.60. The average molecular weight is 191 g/mol. The Bertz CT molecular complexity index is 342. The fourth-order valence-corrected chi connectivity index (χ4v) is 1.86. The highest BCUT2D eigenvalue weighted by Gasteiger charge is 2.27. The number of aromatic nitrogens is 3. The Kier molecular flexibility index (Phi) is 2.43. The molecule has 1 N–H and O–H groups in total. The van der Waals surface area contributed by atoms with E-state index in [0.717, 1.165) is 12.8 Å². The molecule has 1 aliphatic carbocycles. The lowest BCUT2D eigenvalue weighted by molar-refractivity contribution is 0.0878. The van der Waals surface area contributed by atoms with E-state index in [1.807, 2.05) is 0 Å². The van der Waals surface area contributed by atoms with Crippen molar-refractivity contribution in [1.82, 2.24) is 15.4 Å². The summed E-state index contributed by atoms with van der Waals surface area (Å²) in [5.41, 5.74) is 0.456. The Hall–Kier alpha value is -1.45. The summed E-state index contributed by atoms with van der Waals surface area (Å²) in [6.45, 7) is 2.07. The number of rotatable bonds is 2. The number of aromatic amines is 1. The molecule has 0 saturated carbocycles. The van der Waals surface area contributed by atoms with Crippen LogP contribution in [-0.2, 0) is 0 Å². The van der Waals surface area contributed by atoms with Crippen LogP contribution in [0.15, 0.2) is 18.3 Å². The topological polar surface area (TPSA) is 58.6 Å². The van der Waals surface area contributed by atoms with E-state index >= 15 is 0 Å². The Labute approximate surface area is 82.4 Å². The first-order valence-electron chi connectivity index (χ1n) is 4.85. The molecule has 0 spiro atoms. The molecule has 1 aromatic rings. The van der Waals surface area contributed by atoms with E-state index < -0.39 is 0 Å². The first-order valence-corrected chi connectivity index (χ1v) is 4.85. The molecule has 0 amide bonds. The van der Waals surface area contributed by atoms with E-state index in [1.165, 1.54) is 6.20 Å².